The van der Waals surface area contributed by atoms with Crippen LogP contribution in [0.5, 0.6) is 17.4 Å². The first-order valence-electron chi connectivity index (χ1n) is 8.66. The molecule has 0 bridgehead atoms. The maximum absolute atomic E-state index is 14.6. The van der Waals surface area contributed by atoms with E-state index < -0.39 is 38.9 Å². The summed E-state index contributed by atoms with van der Waals surface area (Å²) in [6.45, 7) is 0. The number of amides is 1. The molecular formula is C20H14ClF3N2O5S. The van der Waals surface area contributed by atoms with Gasteiger partial charge in [-0.25, -0.2) is 31.3 Å². The Kier molecular flexibility index (Phi) is 6.60. The first-order valence-corrected chi connectivity index (χ1v) is 10.9. The molecule has 2 aromatic carbocycles. The Morgan fingerprint density at radius 3 is 2.28 bits per heavy atom. The molecule has 0 aliphatic carbocycles. The third-order valence-electron chi connectivity index (χ3n) is 3.98. The van der Waals surface area contributed by atoms with Gasteiger partial charge in [-0.2, -0.15) is 0 Å². The average Bonchev–Trinajstić information content (AvgIpc) is 2.67. The van der Waals surface area contributed by atoms with Crippen molar-refractivity contribution in [3.63, 3.8) is 0 Å². The van der Waals surface area contributed by atoms with Crippen molar-refractivity contribution in [1.29, 1.82) is 0 Å². The van der Waals surface area contributed by atoms with Crippen LogP contribution in [0, 0.1) is 17.5 Å². The normalized spacial score (nSPS) is 11.2. The molecule has 0 radical (unpaired) electrons. The van der Waals surface area contributed by atoms with E-state index in [0.29, 0.717) is 6.07 Å². The van der Waals surface area contributed by atoms with E-state index in [0.717, 1.165) is 30.5 Å². The highest BCUT2D eigenvalue weighted by molar-refractivity contribution is 7.89. The molecule has 0 saturated carbocycles. The van der Waals surface area contributed by atoms with E-state index in [1.807, 2.05) is 0 Å². The number of hydrogen-bond acceptors (Lipinski definition) is 6. The summed E-state index contributed by atoms with van der Waals surface area (Å²) in [5.74, 6) is -4.20. The number of carbonyl (C=O) groups is 1. The summed E-state index contributed by atoms with van der Waals surface area (Å²) < 4.78 is 75.9. The van der Waals surface area contributed by atoms with E-state index in [1.54, 1.807) is 4.72 Å². The zero-order valence-corrected chi connectivity index (χ0v) is 18.0. The number of benzene rings is 2. The highest BCUT2D eigenvalue weighted by Crippen LogP contribution is 2.36. The topological polar surface area (TPSA) is 94.6 Å². The number of aromatic nitrogens is 1. The van der Waals surface area contributed by atoms with Crippen LogP contribution >= 0.6 is 11.6 Å². The minimum Gasteiger partial charge on any atom is -0.496 e. The third-order valence-corrected chi connectivity index (χ3v) is 4.81. The number of halogens is 4. The van der Waals surface area contributed by atoms with Gasteiger partial charge >= 0.3 is 0 Å². The number of pyridine rings is 1. The number of hydrogen-bond donors (Lipinski definition) is 1. The molecule has 0 fully saturated rings. The summed E-state index contributed by atoms with van der Waals surface area (Å²) in [5.41, 5.74) is -0.139. The van der Waals surface area contributed by atoms with Crippen LogP contribution in [0.25, 0.3) is 11.1 Å². The van der Waals surface area contributed by atoms with Gasteiger partial charge < -0.3 is 9.47 Å². The molecular weight excluding hydrogens is 473 g/mol. The van der Waals surface area contributed by atoms with Gasteiger partial charge in [0.15, 0.2) is 0 Å². The summed E-state index contributed by atoms with van der Waals surface area (Å²) in [5, 5.41) is -0.0615. The van der Waals surface area contributed by atoms with Crippen molar-refractivity contribution >= 4 is 27.5 Å². The molecule has 3 aromatic rings. The van der Waals surface area contributed by atoms with Gasteiger partial charge in [0.2, 0.25) is 15.9 Å². The minimum absolute atomic E-state index is 0.0313. The Bertz CT molecular complexity index is 1300. The van der Waals surface area contributed by atoms with E-state index in [4.69, 9.17) is 21.1 Å². The van der Waals surface area contributed by atoms with Crippen LogP contribution in [-0.2, 0) is 10.0 Å². The van der Waals surface area contributed by atoms with E-state index in [9.17, 15) is 26.4 Å². The minimum atomic E-state index is -3.91. The molecule has 1 amide bonds. The van der Waals surface area contributed by atoms with Gasteiger partial charge in [-0.3, -0.25) is 4.79 Å². The molecule has 1 N–H and O–H groups in total. The van der Waals surface area contributed by atoms with Gasteiger partial charge in [0.25, 0.3) is 5.91 Å². The second kappa shape index (κ2) is 9.05. The Morgan fingerprint density at radius 2 is 1.72 bits per heavy atom. The lowest BCUT2D eigenvalue weighted by atomic mass is 10.0. The van der Waals surface area contributed by atoms with Crippen molar-refractivity contribution in [2.24, 2.45) is 0 Å². The summed E-state index contributed by atoms with van der Waals surface area (Å²) in [6.07, 6.45) is 1.99. The molecule has 1 aromatic heterocycles. The molecule has 7 nitrogen and oxygen atoms in total. The van der Waals surface area contributed by atoms with Gasteiger partial charge in [-0.05, 0) is 18.2 Å². The monoisotopic (exact) mass is 486 g/mol. The van der Waals surface area contributed by atoms with E-state index in [2.05, 4.69) is 4.98 Å². The molecule has 0 unspecified atom stereocenters. The fourth-order valence-corrected chi connectivity index (χ4v) is 3.34. The van der Waals surface area contributed by atoms with Crippen LogP contribution in [0.2, 0.25) is 5.02 Å². The van der Waals surface area contributed by atoms with Crippen molar-refractivity contribution in [3.05, 3.63) is 70.6 Å². The van der Waals surface area contributed by atoms with Gasteiger partial charge in [0.05, 0.1) is 18.9 Å². The number of sulfonamides is 1. The quantitative estimate of drug-likeness (QED) is 0.558. The van der Waals surface area contributed by atoms with Gasteiger partial charge in [0, 0.05) is 35.5 Å². The maximum atomic E-state index is 14.6. The van der Waals surface area contributed by atoms with Crippen LogP contribution in [0.15, 0.2) is 42.6 Å². The molecule has 0 aliphatic rings. The van der Waals surface area contributed by atoms with E-state index in [-0.39, 0.29) is 33.5 Å². The number of ether oxygens (including phenoxy) is 2. The molecule has 0 saturated heterocycles. The molecule has 0 spiro atoms. The predicted molar refractivity (Wildman–Crippen MR) is 110 cm³/mol. The molecule has 12 heteroatoms. The van der Waals surface area contributed by atoms with Crippen LogP contribution < -0.4 is 14.2 Å². The van der Waals surface area contributed by atoms with Crippen LogP contribution in [0.4, 0.5) is 13.2 Å². The zero-order chi connectivity index (χ0) is 23.6. The average molecular weight is 487 g/mol. The zero-order valence-electron chi connectivity index (χ0n) is 16.5. The van der Waals surface area contributed by atoms with Crippen molar-refractivity contribution in [1.82, 2.24) is 9.71 Å². The standard InChI is InChI=1S/C20H14ClF3N2O5S/c1-30-18-8-15(19(27)26-32(2,28)29)17(24)7-14(18)10-3-16(21)20(25-9-10)31-13-5-11(22)4-12(23)6-13/h3-9H,1-2H3,(H,26,27). The Labute approximate surface area is 185 Å². The Balaban J connectivity index is 1.96. The van der Waals surface area contributed by atoms with Gasteiger partial charge in [-0.1, -0.05) is 11.6 Å². The lowest BCUT2D eigenvalue weighted by Gasteiger charge is -2.13. The van der Waals surface area contributed by atoms with Crippen molar-refractivity contribution < 1.29 is 35.9 Å². The van der Waals surface area contributed by atoms with E-state index in [1.165, 1.54) is 19.4 Å². The summed E-state index contributed by atoms with van der Waals surface area (Å²) in [6, 6.07) is 5.87. The largest absolute Gasteiger partial charge is 0.496 e. The summed E-state index contributed by atoms with van der Waals surface area (Å²) >= 11 is 6.16. The van der Waals surface area contributed by atoms with E-state index >= 15 is 0 Å². The SMILES string of the molecule is COc1cc(C(=O)NS(C)(=O)=O)c(F)cc1-c1cnc(Oc2cc(F)cc(F)c2)c(Cl)c1. The number of carbonyl (C=O) groups excluding carboxylic acids is 1. The second-order valence-corrected chi connectivity index (χ2v) is 8.61. The number of methoxy groups -OCH3 is 1. The lowest BCUT2D eigenvalue weighted by Crippen LogP contribution is -2.30. The summed E-state index contributed by atoms with van der Waals surface area (Å²) in [7, 11) is -2.64. The number of rotatable bonds is 6. The molecule has 32 heavy (non-hydrogen) atoms. The van der Waals surface area contributed by atoms with Gasteiger partial charge in [-0.15, -0.1) is 0 Å². The fourth-order valence-electron chi connectivity index (χ4n) is 2.69. The smallest absolute Gasteiger partial charge is 0.267 e. The lowest BCUT2D eigenvalue weighted by molar-refractivity contribution is 0.0977. The Hall–Kier alpha value is -3.31. The molecule has 1 heterocycles. The van der Waals surface area contributed by atoms with Crippen LogP contribution in [0.3, 0.4) is 0 Å². The molecule has 168 valence electrons. The molecule has 0 aliphatic heterocycles. The number of nitrogens with zero attached hydrogens (tertiary/aromatic N) is 1. The second-order valence-electron chi connectivity index (χ2n) is 6.45. The van der Waals surface area contributed by atoms with Crippen molar-refractivity contribution in [2.45, 2.75) is 0 Å². The third kappa shape index (κ3) is 5.48. The first-order chi connectivity index (χ1) is 15.0. The van der Waals surface area contributed by atoms with Crippen molar-refractivity contribution in [3.8, 4) is 28.5 Å². The maximum Gasteiger partial charge on any atom is 0.267 e. The highest BCUT2D eigenvalue weighted by Gasteiger charge is 2.21. The molecule has 3 rings (SSSR count). The summed E-state index contributed by atoms with van der Waals surface area (Å²) in [4.78, 5) is 16.0. The van der Waals surface area contributed by atoms with Crippen LogP contribution in [0.1, 0.15) is 10.4 Å². The van der Waals surface area contributed by atoms with Gasteiger partial charge in [0.1, 0.15) is 34.0 Å². The fraction of sp³-hybridized carbons (Fsp3) is 0.100. The van der Waals surface area contributed by atoms with Crippen molar-refractivity contribution in [2.75, 3.05) is 13.4 Å². The Morgan fingerprint density at radius 1 is 1.06 bits per heavy atom. The highest BCUT2D eigenvalue weighted by atomic mass is 35.5. The predicted octanol–water partition coefficient (Wildman–Crippen LogP) is 4.31. The van der Waals surface area contributed by atoms with Crippen LogP contribution in [-0.4, -0.2) is 32.7 Å². The first kappa shape index (κ1) is 23.4. The number of nitrogens with one attached hydrogen (secondary N) is 1. The molecule has 0 atom stereocenters.